The average molecular weight is 425 g/mol. The predicted molar refractivity (Wildman–Crippen MR) is 98.8 cm³/mol. The van der Waals surface area contributed by atoms with Crippen molar-refractivity contribution in [3.63, 3.8) is 0 Å². The van der Waals surface area contributed by atoms with Crippen molar-refractivity contribution in [2.75, 3.05) is 18.2 Å². The van der Waals surface area contributed by atoms with Gasteiger partial charge in [0.2, 0.25) is 11.8 Å². The third-order valence-electron chi connectivity index (χ3n) is 3.44. The molecular formula is C18H14F3N3O4S. The zero-order chi connectivity index (χ0) is 20.9. The van der Waals surface area contributed by atoms with Gasteiger partial charge in [0.05, 0.1) is 12.9 Å². The van der Waals surface area contributed by atoms with E-state index < -0.39 is 6.36 Å². The molecule has 1 N–H and O–H groups in total. The first-order valence-corrected chi connectivity index (χ1v) is 9.07. The molecule has 0 spiro atoms. The molecule has 29 heavy (non-hydrogen) atoms. The van der Waals surface area contributed by atoms with Gasteiger partial charge in [-0.05, 0) is 48.5 Å². The molecule has 0 fully saturated rings. The highest BCUT2D eigenvalue weighted by Gasteiger charge is 2.30. The summed E-state index contributed by atoms with van der Waals surface area (Å²) in [5.41, 5.74) is 1.03. The quantitative estimate of drug-likeness (QED) is 0.563. The largest absolute Gasteiger partial charge is 0.573 e. The van der Waals surface area contributed by atoms with Crippen LogP contribution in [0.15, 0.2) is 58.2 Å². The number of rotatable bonds is 7. The Bertz CT molecular complexity index is 960. The van der Waals surface area contributed by atoms with E-state index >= 15 is 0 Å². The van der Waals surface area contributed by atoms with E-state index in [4.69, 9.17) is 9.15 Å². The molecule has 0 aliphatic heterocycles. The van der Waals surface area contributed by atoms with Crippen LogP contribution in [0, 0.1) is 0 Å². The second-order valence-corrected chi connectivity index (χ2v) is 6.44. The van der Waals surface area contributed by atoms with E-state index in [2.05, 4.69) is 20.3 Å². The summed E-state index contributed by atoms with van der Waals surface area (Å²) in [6, 6.07) is 11.9. The zero-order valence-corrected chi connectivity index (χ0v) is 15.7. The normalized spacial score (nSPS) is 11.2. The highest BCUT2D eigenvalue weighted by Crippen LogP contribution is 2.26. The highest BCUT2D eigenvalue weighted by molar-refractivity contribution is 7.99. The highest BCUT2D eigenvalue weighted by atomic mass is 32.2. The molecule has 7 nitrogen and oxygen atoms in total. The number of hydrogen-bond acceptors (Lipinski definition) is 7. The first kappa shape index (κ1) is 20.5. The van der Waals surface area contributed by atoms with Crippen LogP contribution in [0.2, 0.25) is 0 Å². The van der Waals surface area contributed by atoms with Gasteiger partial charge in [0.15, 0.2) is 0 Å². The molecule has 0 atom stereocenters. The minimum Gasteiger partial charge on any atom is -0.497 e. The second-order valence-electron chi connectivity index (χ2n) is 5.51. The molecule has 1 heterocycles. The number of hydrogen-bond donors (Lipinski definition) is 1. The smallest absolute Gasteiger partial charge is 0.497 e. The Labute approximate surface area is 167 Å². The maximum Gasteiger partial charge on any atom is 0.573 e. The van der Waals surface area contributed by atoms with Crippen LogP contribution < -0.4 is 14.8 Å². The number of nitrogens with zero attached hydrogens (tertiary/aromatic N) is 2. The van der Waals surface area contributed by atoms with E-state index in [1.54, 1.807) is 31.4 Å². The number of benzene rings is 2. The van der Waals surface area contributed by atoms with E-state index in [1.165, 1.54) is 12.1 Å². The molecular weight excluding hydrogens is 411 g/mol. The fraction of sp³-hybridized carbons (Fsp3) is 0.167. The summed E-state index contributed by atoms with van der Waals surface area (Å²) < 4.78 is 50.8. The molecule has 1 aromatic heterocycles. The number of nitrogens with one attached hydrogen (secondary N) is 1. The van der Waals surface area contributed by atoms with Crippen molar-refractivity contribution in [2.45, 2.75) is 11.6 Å². The van der Waals surface area contributed by atoms with Crippen LogP contribution in [0.3, 0.4) is 0 Å². The lowest BCUT2D eigenvalue weighted by atomic mass is 10.2. The van der Waals surface area contributed by atoms with Gasteiger partial charge < -0.3 is 19.2 Å². The van der Waals surface area contributed by atoms with Crippen molar-refractivity contribution in [2.24, 2.45) is 0 Å². The first-order valence-electron chi connectivity index (χ1n) is 8.09. The van der Waals surface area contributed by atoms with Gasteiger partial charge in [-0.1, -0.05) is 11.8 Å². The molecule has 1 amide bonds. The molecule has 0 saturated heterocycles. The fourth-order valence-electron chi connectivity index (χ4n) is 2.18. The van der Waals surface area contributed by atoms with Gasteiger partial charge in [-0.25, -0.2) is 0 Å². The third kappa shape index (κ3) is 6.14. The van der Waals surface area contributed by atoms with Crippen LogP contribution in [-0.2, 0) is 4.79 Å². The standard InChI is InChI=1S/C18H14F3N3O4S/c1-26-13-6-2-11(3-7-13)16-23-24-17(27-16)29-10-15(25)22-12-4-8-14(9-5-12)28-18(19,20)21/h2-9H,10H2,1H3,(H,22,25). The monoisotopic (exact) mass is 425 g/mol. The van der Waals surface area contributed by atoms with Crippen LogP contribution in [0.4, 0.5) is 18.9 Å². The summed E-state index contributed by atoms with van der Waals surface area (Å²) in [4.78, 5) is 12.0. The summed E-state index contributed by atoms with van der Waals surface area (Å²) in [7, 11) is 1.56. The molecule has 0 saturated carbocycles. The van der Waals surface area contributed by atoms with Gasteiger partial charge in [0.1, 0.15) is 11.5 Å². The van der Waals surface area contributed by atoms with Crippen molar-refractivity contribution in [3.05, 3.63) is 48.5 Å². The van der Waals surface area contributed by atoms with E-state index in [1.807, 2.05) is 0 Å². The van der Waals surface area contributed by atoms with E-state index in [0.29, 0.717) is 22.9 Å². The van der Waals surface area contributed by atoms with E-state index in [9.17, 15) is 18.0 Å². The van der Waals surface area contributed by atoms with Crippen LogP contribution >= 0.6 is 11.8 Å². The minimum atomic E-state index is -4.77. The number of alkyl halides is 3. The topological polar surface area (TPSA) is 86.5 Å². The number of methoxy groups -OCH3 is 1. The van der Waals surface area contributed by atoms with Gasteiger partial charge >= 0.3 is 6.36 Å². The Kier molecular flexibility index (Phi) is 6.27. The molecule has 11 heteroatoms. The Hall–Kier alpha value is -3.21. The van der Waals surface area contributed by atoms with Crippen molar-refractivity contribution < 1.29 is 31.9 Å². The van der Waals surface area contributed by atoms with Crippen LogP contribution in [0.25, 0.3) is 11.5 Å². The zero-order valence-electron chi connectivity index (χ0n) is 14.9. The molecule has 2 aromatic carbocycles. The predicted octanol–water partition coefficient (Wildman–Crippen LogP) is 4.37. The molecule has 3 rings (SSSR count). The maximum absolute atomic E-state index is 12.1. The average Bonchev–Trinajstić information content (AvgIpc) is 3.16. The van der Waals surface area contributed by atoms with Gasteiger partial charge in [0.25, 0.3) is 5.22 Å². The molecule has 0 radical (unpaired) electrons. The van der Waals surface area contributed by atoms with Crippen molar-refractivity contribution in [1.29, 1.82) is 0 Å². The number of aromatic nitrogens is 2. The summed E-state index contributed by atoms with van der Waals surface area (Å²) in [5.74, 6) is 0.212. The molecule has 152 valence electrons. The fourth-order valence-corrected chi connectivity index (χ4v) is 2.75. The molecule has 0 bridgehead atoms. The summed E-state index contributed by atoms with van der Waals surface area (Å²) >= 11 is 1.03. The molecule has 0 aliphatic rings. The number of anilines is 1. The summed E-state index contributed by atoms with van der Waals surface area (Å²) in [5, 5.41) is 10.6. The molecule has 3 aromatic rings. The SMILES string of the molecule is COc1ccc(-c2nnc(SCC(=O)Nc3ccc(OC(F)(F)F)cc3)o2)cc1. The first-order chi connectivity index (χ1) is 13.8. The van der Waals surface area contributed by atoms with Crippen molar-refractivity contribution in [3.8, 4) is 23.0 Å². The summed E-state index contributed by atoms with van der Waals surface area (Å²) in [6.45, 7) is 0. The number of halogens is 3. The van der Waals surface area contributed by atoms with E-state index in [0.717, 1.165) is 23.9 Å². The van der Waals surface area contributed by atoms with Crippen LogP contribution in [0.5, 0.6) is 11.5 Å². The van der Waals surface area contributed by atoms with Gasteiger partial charge in [-0.3, -0.25) is 4.79 Å². The van der Waals surface area contributed by atoms with Crippen molar-refractivity contribution >= 4 is 23.4 Å². The maximum atomic E-state index is 12.1. The van der Waals surface area contributed by atoms with Gasteiger partial charge in [-0.15, -0.1) is 23.4 Å². The number of ether oxygens (including phenoxy) is 2. The van der Waals surface area contributed by atoms with Crippen LogP contribution in [0.1, 0.15) is 0 Å². The molecule has 0 unspecified atom stereocenters. The van der Waals surface area contributed by atoms with Crippen LogP contribution in [-0.4, -0.2) is 35.3 Å². The molecule has 0 aliphatic carbocycles. The van der Waals surface area contributed by atoms with E-state index in [-0.39, 0.29) is 22.6 Å². The van der Waals surface area contributed by atoms with Gasteiger partial charge in [0, 0.05) is 11.3 Å². The lowest BCUT2D eigenvalue weighted by Gasteiger charge is -2.09. The van der Waals surface area contributed by atoms with Gasteiger partial charge in [-0.2, -0.15) is 0 Å². The Morgan fingerprint density at radius 3 is 2.34 bits per heavy atom. The third-order valence-corrected chi connectivity index (χ3v) is 4.26. The van der Waals surface area contributed by atoms with Crippen molar-refractivity contribution in [1.82, 2.24) is 10.2 Å². The Morgan fingerprint density at radius 2 is 1.72 bits per heavy atom. The lowest BCUT2D eigenvalue weighted by Crippen LogP contribution is -2.17. The Morgan fingerprint density at radius 1 is 1.07 bits per heavy atom. The summed E-state index contributed by atoms with van der Waals surface area (Å²) in [6.07, 6.45) is -4.77. The number of carbonyl (C=O) groups excluding carboxylic acids is 1. The second kappa shape index (κ2) is 8.86. The number of thioether (sulfide) groups is 1. The lowest BCUT2D eigenvalue weighted by molar-refractivity contribution is -0.274. The number of amides is 1. The minimum absolute atomic E-state index is 0.0228. The number of carbonyl (C=O) groups is 1. The Balaban J connectivity index is 1.51.